The van der Waals surface area contributed by atoms with Crippen LogP contribution < -0.4 is 15.2 Å². The van der Waals surface area contributed by atoms with Crippen molar-refractivity contribution in [2.24, 2.45) is 5.73 Å². The van der Waals surface area contributed by atoms with Crippen LogP contribution in [0.2, 0.25) is 0 Å². The number of hydrogen-bond acceptors (Lipinski definition) is 3. The summed E-state index contributed by atoms with van der Waals surface area (Å²) in [4.78, 5) is 0. The SMILES string of the molecule is COc1ccc(C(N)c2cc(Br)ccc2F)c(OC)c1Br. The average molecular weight is 419 g/mol. The Morgan fingerprint density at radius 3 is 2.38 bits per heavy atom. The molecular formula is C15H14Br2FNO2. The second-order valence-corrected chi connectivity index (χ2v) is 6.06. The molecule has 2 rings (SSSR count). The minimum atomic E-state index is -0.653. The van der Waals surface area contributed by atoms with Gasteiger partial charge in [0.05, 0.1) is 20.3 Å². The van der Waals surface area contributed by atoms with E-state index in [9.17, 15) is 4.39 Å². The van der Waals surface area contributed by atoms with Gasteiger partial charge in [0.2, 0.25) is 0 Å². The molecule has 2 N–H and O–H groups in total. The molecule has 0 aliphatic rings. The molecule has 0 radical (unpaired) electrons. The molecule has 3 nitrogen and oxygen atoms in total. The van der Waals surface area contributed by atoms with Crippen LogP contribution in [-0.2, 0) is 0 Å². The lowest BCUT2D eigenvalue weighted by Gasteiger charge is -2.19. The molecule has 0 aromatic heterocycles. The highest BCUT2D eigenvalue weighted by molar-refractivity contribution is 9.11. The number of hydrogen-bond donors (Lipinski definition) is 1. The maximum Gasteiger partial charge on any atom is 0.141 e. The normalized spacial score (nSPS) is 12.1. The van der Waals surface area contributed by atoms with Crippen LogP contribution in [0.1, 0.15) is 17.2 Å². The molecule has 1 atom stereocenters. The van der Waals surface area contributed by atoms with Gasteiger partial charge in [0.25, 0.3) is 0 Å². The van der Waals surface area contributed by atoms with Crippen LogP contribution in [0, 0.1) is 5.82 Å². The first kappa shape index (κ1) is 16.3. The Morgan fingerprint density at radius 2 is 1.76 bits per heavy atom. The standard InChI is InChI=1S/C15H14Br2FNO2/c1-20-12-6-4-9(15(21-2)13(12)17)14(19)10-7-8(16)3-5-11(10)18/h3-7,14H,19H2,1-2H3. The fourth-order valence-corrected chi connectivity index (χ4v) is 3.15. The summed E-state index contributed by atoms with van der Waals surface area (Å²) in [5.74, 6) is 0.790. The van der Waals surface area contributed by atoms with Crippen LogP contribution in [0.4, 0.5) is 4.39 Å². The maximum absolute atomic E-state index is 14.0. The van der Waals surface area contributed by atoms with Crippen molar-refractivity contribution >= 4 is 31.9 Å². The third kappa shape index (κ3) is 3.22. The number of ether oxygens (including phenoxy) is 2. The van der Waals surface area contributed by atoms with E-state index in [1.165, 1.54) is 13.2 Å². The van der Waals surface area contributed by atoms with E-state index in [-0.39, 0.29) is 5.82 Å². The molecule has 0 bridgehead atoms. The Bertz CT molecular complexity index is 664. The minimum absolute atomic E-state index is 0.361. The summed E-state index contributed by atoms with van der Waals surface area (Å²) in [6.07, 6.45) is 0. The quantitative estimate of drug-likeness (QED) is 0.799. The van der Waals surface area contributed by atoms with Crippen molar-refractivity contribution in [3.8, 4) is 11.5 Å². The summed E-state index contributed by atoms with van der Waals surface area (Å²) in [5, 5.41) is 0. The van der Waals surface area contributed by atoms with Crippen molar-refractivity contribution in [1.82, 2.24) is 0 Å². The molecule has 0 saturated heterocycles. The molecule has 0 amide bonds. The lowest BCUT2D eigenvalue weighted by atomic mass is 9.98. The number of nitrogens with two attached hydrogens (primary N) is 1. The first-order chi connectivity index (χ1) is 9.99. The van der Waals surface area contributed by atoms with Crippen molar-refractivity contribution in [2.75, 3.05) is 14.2 Å². The molecule has 0 aliphatic heterocycles. The molecule has 1 unspecified atom stereocenters. The predicted octanol–water partition coefficient (Wildman–Crippen LogP) is 4.42. The topological polar surface area (TPSA) is 44.5 Å². The fourth-order valence-electron chi connectivity index (χ4n) is 2.08. The molecule has 0 saturated carbocycles. The van der Waals surface area contributed by atoms with Gasteiger partial charge >= 0.3 is 0 Å². The number of halogens is 3. The first-order valence-electron chi connectivity index (χ1n) is 6.10. The average Bonchev–Trinajstić information content (AvgIpc) is 2.48. The second kappa shape index (κ2) is 6.77. The summed E-state index contributed by atoms with van der Waals surface area (Å²) in [6.45, 7) is 0. The third-order valence-corrected chi connectivity index (χ3v) is 4.39. The van der Waals surface area contributed by atoms with Gasteiger partial charge in [0.1, 0.15) is 21.8 Å². The molecule has 2 aromatic carbocycles. The van der Waals surface area contributed by atoms with Gasteiger partial charge in [-0.15, -0.1) is 0 Å². The van der Waals surface area contributed by atoms with Gasteiger partial charge in [-0.3, -0.25) is 0 Å². The lowest BCUT2D eigenvalue weighted by molar-refractivity contribution is 0.384. The summed E-state index contributed by atoms with van der Waals surface area (Å²) in [5.41, 5.74) is 7.28. The predicted molar refractivity (Wildman–Crippen MR) is 87.4 cm³/mol. The fraction of sp³-hybridized carbons (Fsp3) is 0.200. The number of methoxy groups -OCH3 is 2. The van der Waals surface area contributed by atoms with Crippen LogP contribution in [0.25, 0.3) is 0 Å². The van der Waals surface area contributed by atoms with E-state index in [1.807, 2.05) is 0 Å². The van der Waals surface area contributed by atoms with Crippen molar-refractivity contribution in [2.45, 2.75) is 6.04 Å². The van der Waals surface area contributed by atoms with Crippen molar-refractivity contribution in [3.63, 3.8) is 0 Å². The van der Waals surface area contributed by atoms with E-state index in [0.29, 0.717) is 27.1 Å². The van der Waals surface area contributed by atoms with Crippen molar-refractivity contribution in [3.05, 3.63) is 56.2 Å². The van der Waals surface area contributed by atoms with E-state index in [0.717, 1.165) is 4.47 Å². The monoisotopic (exact) mass is 417 g/mol. The van der Waals surface area contributed by atoms with Crippen LogP contribution in [-0.4, -0.2) is 14.2 Å². The summed E-state index contributed by atoms with van der Waals surface area (Å²) >= 11 is 6.75. The van der Waals surface area contributed by atoms with E-state index in [1.54, 1.807) is 31.4 Å². The lowest BCUT2D eigenvalue weighted by Crippen LogP contribution is -2.15. The number of rotatable bonds is 4. The highest BCUT2D eigenvalue weighted by atomic mass is 79.9. The van der Waals surface area contributed by atoms with Gasteiger partial charge in [-0.05, 0) is 46.3 Å². The third-order valence-electron chi connectivity index (χ3n) is 3.14. The van der Waals surface area contributed by atoms with Crippen molar-refractivity contribution in [1.29, 1.82) is 0 Å². The van der Waals surface area contributed by atoms with E-state index >= 15 is 0 Å². The zero-order valence-corrected chi connectivity index (χ0v) is 14.7. The maximum atomic E-state index is 14.0. The molecule has 0 fully saturated rings. The van der Waals surface area contributed by atoms with E-state index in [2.05, 4.69) is 31.9 Å². The van der Waals surface area contributed by atoms with Gasteiger partial charge in [0.15, 0.2) is 0 Å². The Balaban J connectivity index is 2.55. The smallest absolute Gasteiger partial charge is 0.141 e. The van der Waals surface area contributed by atoms with Crippen LogP contribution in [0.15, 0.2) is 39.3 Å². The van der Waals surface area contributed by atoms with Crippen LogP contribution in [0.3, 0.4) is 0 Å². The molecule has 6 heteroatoms. The summed E-state index contributed by atoms with van der Waals surface area (Å²) in [6, 6.07) is 7.55. The molecule has 2 aromatic rings. The van der Waals surface area contributed by atoms with Gasteiger partial charge in [0, 0.05) is 15.6 Å². The zero-order chi connectivity index (χ0) is 15.6. The Morgan fingerprint density at radius 1 is 1.05 bits per heavy atom. The number of benzene rings is 2. The summed E-state index contributed by atoms with van der Waals surface area (Å²) < 4.78 is 26.0. The van der Waals surface area contributed by atoms with Gasteiger partial charge in [-0.1, -0.05) is 15.9 Å². The highest BCUT2D eigenvalue weighted by Crippen LogP contribution is 2.41. The largest absolute Gasteiger partial charge is 0.495 e. The Labute approximate surface area is 139 Å². The molecule has 0 aliphatic carbocycles. The van der Waals surface area contributed by atoms with E-state index in [4.69, 9.17) is 15.2 Å². The van der Waals surface area contributed by atoms with Gasteiger partial charge < -0.3 is 15.2 Å². The second-order valence-electron chi connectivity index (χ2n) is 4.35. The highest BCUT2D eigenvalue weighted by Gasteiger charge is 2.21. The Kier molecular flexibility index (Phi) is 5.24. The summed E-state index contributed by atoms with van der Waals surface area (Å²) in [7, 11) is 3.10. The Hall–Kier alpha value is -1.11. The molecule has 21 heavy (non-hydrogen) atoms. The first-order valence-corrected chi connectivity index (χ1v) is 7.69. The van der Waals surface area contributed by atoms with Crippen LogP contribution >= 0.6 is 31.9 Å². The van der Waals surface area contributed by atoms with Gasteiger partial charge in [-0.25, -0.2) is 4.39 Å². The molecular weight excluding hydrogens is 405 g/mol. The molecule has 0 heterocycles. The van der Waals surface area contributed by atoms with Gasteiger partial charge in [-0.2, -0.15) is 0 Å². The minimum Gasteiger partial charge on any atom is -0.495 e. The molecule has 0 spiro atoms. The zero-order valence-electron chi connectivity index (χ0n) is 11.5. The van der Waals surface area contributed by atoms with Crippen molar-refractivity contribution < 1.29 is 13.9 Å². The van der Waals surface area contributed by atoms with Crippen LogP contribution in [0.5, 0.6) is 11.5 Å². The van der Waals surface area contributed by atoms with E-state index < -0.39 is 6.04 Å². The molecule has 112 valence electrons.